The van der Waals surface area contributed by atoms with Crippen molar-refractivity contribution >= 4 is 25.5 Å². The number of hydrogen-bond donors (Lipinski definition) is 4. The van der Waals surface area contributed by atoms with Crippen molar-refractivity contribution in [2.45, 2.75) is 57.1 Å². The molecule has 1 aliphatic heterocycles. The van der Waals surface area contributed by atoms with E-state index in [1.54, 1.807) is 12.1 Å². The Morgan fingerprint density at radius 2 is 2.12 bits per heavy atom. The lowest BCUT2D eigenvalue weighted by Crippen LogP contribution is -2.34. The summed E-state index contributed by atoms with van der Waals surface area (Å²) in [4.78, 5) is 15.9. The van der Waals surface area contributed by atoms with E-state index < -0.39 is 44.6 Å². The predicted molar refractivity (Wildman–Crippen MR) is 120 cm³/mol. The molecule has 2 aromatic heterocycles. The zero-order chi connectivity index (χ0) is 24.7. The van der Waals surface area contributed by atoms with Gasteiger partial charge < -0.3 is 30.2 Å². The fourth-order valence-corrected chi connectivity index (χ4v) is 4.16. The summed E-state index contributed by atoms with van der Waals surface area (Å²) in [7, 11) is -2.47. The van der Waals surface area contributed by atoms with Gasteiger partial charge >= 0.3 is 14.1 Å². The number of nitrogens with two attached hydrogens (primary N) is 1. The molecule has 0 bridgehead atoms. The number of aliphatic hydroxyl groups is 2. The van der Waals surface area contributed by atoms with Gasteiger partial charge in [0.1, 0.15) is 55.5 Å². The third-order valence-corrected chi connectivity index (χ3v) is 6.27. The Morgan fingerprint density at radius 3 is 2.88 bits per heavy atom. The Morgan fingerprint density at radius 1 is 1.32 bits per heavy atom. The highest BCUT2D eigenvalue weighted by Crippen LogP contribution is 2.35. The number of carbonyl (C=O) groups is 1. The number of ether oxygens (including phenoxy) is 3. The van der Waals surface area contributed by atoms with Crippen molar-refractivity contribution in [3.05, 3.63) is 24.2 Å². The minimum Gasteiger partial charge on any atom is -0.462 e. The van der Waals surface area contributed by atoms with Gasteiger partial charge in [-0.15, -0.1) is 4.52 Å². The van der Waals surface area contributed by atoms with Crippen molar-refractivity contribution in [2.24, 2.45) is 0 Å². The molecule has 188 valence electrons. The van der Waals surface area contributed by atoms with Crippen LogP contribution in [0.4, 0.5) is 5.82 Å². The molecule has 0 radical (unpaired) electrons. The van der Waals surface area contributed by atoms with E-state index in [0.29, 0.717) is 17.8 Å². The van der Waals surface area contributed by atoms with Crippen molar-refractivity contribution < 1.29 is 38.3 Å². The third kappa shape index (κ3) is 6.45. The van der Waals surface area contributed by atoms with Crippen LogP contribution in [0.15, 0.2) is 18.5 Å². The Balaban J connectivity index is 1.45. The molecule has 1 fully saturated rings. The molecule has 1 unspecified atom stereocenters. The summed E-state index contributed by atoms with van der Waals surface area (Å²) in [6.07, 6.45) is -1.23. The summed E-state index contributed by atoms with van der Waals surface area (Å²) in [5.41, 5.74) is 6.83. The van der Waals surface area contributed by atoms with Crippen molar-refractivity contribution in [1.82, 2.24) is 19.7 Å². The number of unbranched alkanes of at least 4 members (excludes halogenated alkanes) is 1. The van der Waals surface area contributed by atoms with Gasteiger partial charge in [0.2, 0.25) is 0 Å². The zero-order valence-corrected chi connectivity index (χ0v) is 20.0. The predicted octanol–water partition coefficient (Wildman–Crippen LogP) is 0.485. The Kier molecular flexibility index (Phi) is 9.65. The van der Waals surface area contributed by atoms with Crippen LogP contribution in [0.2, 0.25) is 0 Å². The average Bonchev–Trinajstić information content (AvgIpc) is 3.36. The molecule has 1 saturated heterocycles. The molecule has 2 aromatic rings. The van der Waals surface area contributed by atoms with Crippen LogP contribution in [0.25, 0.3) is 5.52 Å². The van der Waals surface area contributed by atoms with E-state index in [2.05, 4.69) is 22.1 Å². The van der Waals surface area contributed by atoms with E-state index >= 15 is 0 Å². The summed E-state index contributed by atoms with van der Waals surface area (Å²) in [5.74, 6) is -0.339. The number of nitrogen functional groups attached to an aromatic ring is 1. The van der Waals surface area contributed by atoms with E-state index in [4.69, 9.17) is 24.5 Å². The second kappa shape index (κ2) is 12.5. The molecule has 5 N–H and O–H groups in total. The first-order valence-electron chi connectivity index (χ1n) is 11.0. The van der Waals surface area contributed by atoms with Gasteiger partial charge in [-0.2, -0.15) is 5.10 Å². The lowest BCUT2D eigenvalue weighted by atomic mass is 10.1. The van der Waals surface area contributed by atoms with Gasteiger partial charge in [0, 0.05) is 6.61 Å². The van der Waals surface area contributed by atoms with E-state index in [9.17, 15) is 19.6 Å². The second-order valence-corrected chi connectivity index (χ2v) is 8.84. The molecule has 14 heteroatoms. The number of fused-ring (bicyclic) bond motifs is 1. The monoisotopic (exact) mass is 500 g/mol. The van der Waals surface area contributed by atoms with Gasteiger partial charge in [0.25, 0.3) is 0 Å². The summed E-state index contributed by atoms with van der Waals surface area (Å²) in [6.45, 7) is 4.24. The Bertz CT molecular complexity index is 976. The summed E-state index contributed by atoms with van der Waals surface area (Å²) in [5, 5.41) is 27.5. The van der Waals surface area contributed by atoms with Crippen LogP contribution >= 0.6 is 8.18 Å². The molecule has 0 saturated carbocycles. The van der Waals surface area contributed by atoms with Gasteiger partial charge in [0.15, 0.2) is 5.82 Å². The van der Waals surface area contributed by atoms with Gasteiger partial charge in [-0.1, -0.05) is 18.4 Å². The number of rotatable bonds is 13. The van der Waals surface area contributed by atoms with Crippen molar-refractivity contribution in [1.29, 1.82) is 0 Å². The first kappa shape index (κ1) is 26.4. The molecule has 3 heterocycles. The molecule has 0 amide bonds. The van der Waals surface area contributed by atoms with Crippen molar-refractivity contribution in [3.8, 4) is 0 Å². The largest absolute Gasteiger partial charge is 0.613 e. The highest BCUT2D eigenvalue weighted by Gasteiger charge is 2.46. The van der Waals surface area contributed by atoms with E-state index in [-0.39, 0.29) is 25.6 Å². The van der Waals surface area contributed by atoms with E-state index in [1.807, 2.05) is 0 Å². The van der Waals surface area contributed by atoms with Crippen LogP contribution in [0.5, 0.6) is 0 Å². The second-order valence-electron chi connectivity index (χ2n) is 7.81. The van der Waals surface area contributed by atoms with E-state index in [1.165, 1.54) is 17.8 Å². The maximum Gasteiger partial charge on any atom is 0.613 e. The molecule has 6 atom stereocenters. The normalized spacial score (nSPS) is 23.8. The summed E-state index contributed by atoms with van der Waals surface area (Å²) in [6, 6.07) is 2.45. The first-order valence-corrected chi connectivity index (χ1v) is 12.2. The van der Waals surface area contributed by atoms with Crippen LogP contribution < -0.4 is 10.8 Å². The van der Waals surface area contributed by atoms with Crippen LogP contribution in [-0.2, 0) is 28.1 Å². The van der Waals surface area contributed by atoms with Crippen LogP contribution in [0.3, 0.4) is 0 Å². The number of hydrogen-bond acceptors (Lipinski definition) is 11. The minimum absolute atomic E-state index is 0.0958. The SMILES string of the molecule is CCCCOCCOC(=O)[C@H](C)N[P+](=O)OC[C@H]1O[C@@H](c2ccc3c(N)ncnn23)[C@H](O)[C@@H]1O. The molecular formula is C20H31N5O8P+. The summed E-state index contributed by atoms with van der Waals surface area (Å²) >= 11 is 0. The van der Waals surface area contributed by atoms with Crippen LogP contribution in [0.1, 0.15) is 38.5 Å². The molecule has 34 heavy (non-hydrogen) atoms. The zero-order valence-electron chi connectivity index (χ0n) is 19.1. The molecule has 13 nitrogen and oxygen atoms in total. The van der Waals surface area contributed by atoms with E-state index in [0.717, 1.165) is 12.8 Å². The number of anilines is 1. The lowest BCUT2D eigenvalue weighted by molar-refractivity contribution is -0.146. The first-order chi connectivity index (χ1) is 16.3. The molecule has 0 aliphatic carbocycles. The number of nitrogens with one attached hydrogen (secondary N) is 1. The maximum absolute atomic E-state index is 12.2. The number of aliphatic hydroxyl groups excluding tert-OH is 2. The molecule has 1 aliphatic rings. The van der Waals surface area contributed by atoms with Crippen LogP contribution in [-0.4, -0.2) is 81.6 Å². The Labute approximate surface area is 197 Å². The molecular weight excluding hydrogens is 469 g/mol. The molecule has 0 aromatic carbocycles. The van der Waals surface area contributed by atoms with Crippen molar-refractivity contribution in [2.75, 3.05) is 32.2 Å². The highest BCUT2D eigenvalue weighted by atomic mass is 31.1. The fraction of sp³-hybridized carbons (Fsp3) is 0.650. The highest BCUT2D eigenvalue weighted by molar-refractivity contribution is 7.36. The molecule has 0 spiro atoms. The van der Waals surface area contributed by atoms with Gasteiger partial charge in [-0.05, 0) is 30.0 Å². The third-order valence-electron chi connectivity index (χ3n) is 5.29. The van der Waals surface area contributed by atoms with Gasteiger partial charge in [0.05, 0.1) is 12.3 Å². The minimum atomic E-state index is -2.47. The average molecular weight is 500 g/mol. The lowest BCUT2D eigenvalue weighted by Gasteiger charge is -2.14. The maximum atomic E-state index is 12.2. The fourth-order valence-electron chi connectivity index (χ4n) is 3.38. The van der Waals surface area contributed by atoms with Gasteiger partial charge in [-0.25, -0.2) is 9.50 Å². The quantitative estimate of drug-likeness (QED) is 0.170. The Hall–Kier alpha value is -2.25. The molecule has 3 rings (SSSR count). The number of carbonyl (C=O) groups excluding carboxylic acids is 1. The number of esters is 1. The number of nitrogens with zero attached hydrogens (tertiary/aromatic N) is 3. The van der Waals surface area contributed by atoms with Crippen molar-refractivity contribution in [3.63, 3.8) is 0 Å². The standard InChI is InChI=1S/C20H31N5O8P/c1-3-4-7-30-8-9-31-20(28)12(2)24-34(29)32-10-15-16(26)17(27)18(33-15)13-5-6-14-19(21)22-11-23-25(13)14/h5-6,11-12,15-18,26-27H,3-4,7-10H2,1-2H3,(H,24,29)(H2,21,22,23)/q+1/t12-,15+,16+,17+,18-/m0/s1. The smallest absolute Gasteiger partial charge is 0.462 e. The summed E-state index contributed by atoms with van der Waals surface area (Å²) < 4.78 is 35.1. The topological polar surface area (TPSA) is 180 Å². The number of aromatic nitrogens is 3. The van der Waals surface area contributed by atoms with Crippen LogP contribution in [0, 0.1) is 0 Å². The van der Waals surface area contributed by atoms with Gasteiger partial charge in [-0.3, -0.25) is 4.79 Å².